The molecule has 1 atom stereocenters. The molecule has 1 aromatic heterocycles. The molecule has 1 saturated heterocycles. The quantitative estimate of drug-likeness (QED) is 0.501. The van der Waals surface area contributed by atoms with Crippen molar-refractivity contribution in [3.8, 4) is 5.75 Å². The summed E-state index contributed by atoms with van der Waals surface area (Å²) < 4.78 is 47.4. The number of halogens is 3. The molecule has 0 saturated carbocycles. The minimum absolute atomic E-state index is 0.0328. The largest absolute Gasteiger partial charge is 0.492 e. The molecule has 2 aliphatic rings. The smallest absolute Gasteiger partial charge is 0.266 e. The van der Waals surface area contributed by atoms with Crippen LogP contribution in [0.2, 0.25) is 0 Å². The van der Waals surface area contributed by atoms with Gasteiger partial charge in [-0.15, -0.1) is 0 Å². The number of amides is 1. The summed E-state index contributed by atoms with van der Waals surface area (Å²) in [6.07, 6.45) is -1.61. The lowest BCUT2D eigenvalue weighted by Gasteiger charge is -2.39. The molecule has 3 heterocycles. The zero-order chi connectivity index (χ0) is 26.5. The van der Waals surface area contributed by atoms with E-state index in [4.69, 9.17) is 4.74 Å². The van der Waals surface area contributed by atoms with Crippen LogP contribution in [-0.4, -0.2) is 45.6 Å². The third-order valence-electron chi connectivity index (χ3n) is 7.40. The summed E-state index contributed by atoms with van der Waals surface area (Å²) in [6.45, 7) is 6.23. The van der Waals surface area contributed by atoms with E-state index < -0.39 is 29.4 Å². The van der Waals surface area contributed by atoms with E-state index >= 15 is 0 Å². The van der Waals surface area contributed by atoms with Gasteiger partial charge in [-0.3, -0.25) is 4.79 Å². The van der Waals surface area contributed by atoms with Crippen molar-refractivity contribution in [3.63, 3.8) is 0 Å². The Morgan fingerprint density at radius 3 is 2.59 bits per heavy atom. The SMILES string of the molecule is CC(=O)N1CCC(O)(c2cc3c(N[C@H](C)c4cccc(C(F)F)c4F)nc(C)nc3c3c2OCC3)CC1. The molecule has 7 nitrogen and oxygen atoms in total. The fraction of sp³-hybridized carbons (Fsp3) is 0.444. The van der Waals surface area contributed by atoms with E-state index in [1.165, 1.54) is 19.1 Å². The molecule has 0 bridgehead atoms. The van der Waals surface area contributed by atoms with E-state index in [-0.39, 0.29) is 11.5 Å². The summed E-state index contributed by atoms with van der Waals surface area (Å²) in [7, 11) is 0. The van der Waals surface area contributed by atoms with E-state index in [0.717, 1.165) is 11.6 Å². The first-order valence-electron chi connectivity index (χ1n) is 12.4. The first-order valence-corrected chi connectivity index (χ1v) is 12.4. The number of fused-ring (bicyclic) bond motifs is 3. The number of likely N-dealkylation sites (tertiary alicyclic amines) is 1. The van der Waals surface area contributed by atoms with Gasteiger partial charge in [0.05, 0.1) is 29.3 Å². The third kappa shape index (κ3) is 4.47. The first kappa shape index (κ1) is 25.3. The summed E-state index contributed by atoms with van der Waals surface area (Å²) >= 11 is 0. The molecule has 196 valence electrons. The van der Waals surface area contributed by atoms with Gasteiger partial charge < -0.3 is 20.1 Å². The summed E-state index contributed by atoms with van der Waals surface area (Å²) in [6, 6.07) is 5.09. The van der Waals surface area contributed by atoms with Gasteiger partial charge in [-0.25, -0.2) is 23.1 Å². The molecule has 2 aromatic carbocycles. The molecular weight excluding hydrogens is 485 g/mol. The minimum atomic E-state index is -2.92. The Kier molecular flexibility index (Phi) is 6.47. The summed E-state index contributed by atoms with van der Waals surface area (Å²) in [4.78, 5) is 22.7. The van der Waals surface area contributed by atoms with E-state index in [2.05, 4.69) is 15.3 Å². The maximum atomic E-state index is 14.9. The molecule has 2 N–H and O–H groups in total. The van der Waals surface area contributed by atoms with Crippen LogP contribution in [0, 0.1) is 12.7 Å². The lowest BCUT2D eigenvalue weighted by atomic mass is 9.82. The zero-order valence-corrected chi connectivity index (χ0v) is 20.9. The van der Waals surface area contributed by atoms with Crippen LogP contribution in [0.15, 0.2) is 24.3 Å². The highest BCUT2D eigenvalue weighted by molar-refractivity contribution is 5.94. The van der Waals surface area contributed by atoms with Gasteiger partial charge in [0.2, 0.25) is 5.91 Å². The standard InChI is InChI=1S/C27H29F3N4O3/c1-14(17-5-4-6-18(22(17)28)25(29)30)31-26-20-13-21(27(36)8-10-34(11-9-27)16(3)35)24-19(7-12-37-24)23(20)32-15(2)33-26/h4-6,13-14,25,36H,7-12H2,1-3H3,(H,31,32,33)/t14-/m1/s1. The molecule has 0 spiro atoms. The Bertz CT molecular complexity index is 1370. The van der Waals surface area contributed by atoms with Crippen LogP contribution < -0.4 is 10.1 Å². The average Bonchev–Trinajstić information content (AvgIpc) is 3.34. The molecule has 10 heteroatoms. The van der Waals surface area contributed by atoms with Gasteiger partial charge in [-0.05, 0) is 32.8 Å². The van der Waals surface area contributed by atoms with Crippen molar-refractivity contribution >= 4 is 22.6 Å². The van der Waals surface area contributed by atoms with Crippen molar-refractivity contribution < 1.29 is 27.8 Å². The first-order chi connectivity index (χ1) is 17.6. The highest BCUT2D eigenvalue weighted by atomic mass is 19.3. The molecule has 0 radical (unpaired) electrons. The van der Waals surface area contributed by atoms with Crippen LogP contribution in [0.25, 0.3) is 10.9 Å². The molecule has 0 unspecified atom stereocenters. The summed E-state index contributed by atoms with van der Waals surface area (Å²) in [5.41, 5.74) is 0.394. The number of carbonyl (C=O) groups is 1. The number of aliphatic hydroxyl groups is 1. The zero-order valence-electron chi connectivity index (χ0n) is 20.9. The van der Waals surface area contributed by atoms with Crippen molar-refractivity contribution in [2.45, 2.75) is 58.1 Å². The topological polar surface area (TPSA) is 87.6 Å². The van der Waals surface area contributed by atoms with E-state index in [1.807, 2.05) is 6.07 Å². The number of anilines is 1. The summed E-state index contributed by atoms with van der Waals surface area (Å²) in [5.74, 6) is 0.527. The van der Waals surface area contributed by atoms with Crippen molar-refractivity contribution in [1.29, 1.82) is 0 Å². The van der Waals surface area contributed by atoms with Crippen LogP contribution in [0.4, 0.5) is 19.0 Å². The second-order valence-corrected chi connectivity index (χ2v) is 9.80. The second-order valence-electron chi connectivity index (χ2n) is 9.80. The number of aryl methyl sites for hydroxylation is 1. The van der Waals surface area contributed by atoms with Gasteiger partial charge in [-0.1, -0.05) is 18.2 Å². The molecule has 5 rings (SSSR count). The van der Waals surface area contributed by atoms with Crippen LogP contribution in [-0.2, 0) is 16.8 Å². The third-order valence-corrected chi connectivity index (χ3v) is 7.40. The number of piperidine rings is 1. The van der Waals surface area contributed by atoms with Gasteiger partial charge in [0.25, 0.3) is 6.43 Å². The number of benzene rings is 2. The predicted octanol–water partition coefficient (Wildman–Crippen LogP) is 4.95. The Balaban J connectivity index is 1.59. The number of alkyl halides is 2. The number of aromatic nitrogens is 2. The molecule has 2 aliphatic heterocycles. The number of rotatable bonds is 5. The number of carbonyl (C=O) groups excluding carboxylic acids is 1. The van der Waals surface area contributed by atoms with Crippen molar-refractivity contribution in [3.05, 3.63) is 58.2 Å². The molecule has 0 aliphatic carbocycles. The van der Waals surface area contributed by atoms with Crippen LogP contribution in [0.3, 0.4) is 0 Å². The normalized spacial score (nSPS) is 17.6. The van der Waals surface area contributed by atoms with Gasteiger partial charge in [0, 0.05) is 48.5 Å². The molecule has 37 heavy (non-hydrogen) atoms. The second kappa shape index (κ2) is 9.48. The molecular formula is C27H29F3N4O3. The van der Waals surface area contributed by atoms with Gasteiger partial charge in [0.1, 0.15) is 23.2 Å². The molecule has 1 amide bonds. The lowest BCUT2D eigenvalue weighted by molar-refractivity contribution is -0.133. The van der Waals surface area contributed by atoms with Crippen LogP contribution in [0.1, 0.15) is 67.2 Å². The number of ether oxygens (including phenoxy) is 1. The highest BCUT2D eigenvalue weighted by Crippen LogP contribution is 2.46. The molecule has 3 aromatic rings. The van der Waals surface area contributed by atoms with Gasteiger partial charge in [-0.2, -0.15) is 0 Å². The highest BCUT2D eigenvalue weighted by Gasteiger charge is 2.39. The van der Waals surface area contributed by atoms with E-state index in [9.17, 15) is 23.1 Å². The van der Waals surface area contributed by atoms with Crippen molar-refractivity contribution in [1.82, 2.24) is 14.9 Å². The van der Waals surface area contributed by atoms with Crippen molar-refractivity contribution in [2.75, 3.05) is 25.0 Å². The number of nitrogens with one attached hydrogen (secondary N) is 1. The lowest BCUT2D eigenvalue weighted by Crippen LogP contribution is -2.44. The fourth-order valence-electron chi connectivity index (χ4n) is 5.35. The van der Waals surface area contributed by atoms with Crippen molar-refractivity contribution in [2.24, 2.45) is 0 Å². The number of hydrogen-bond acceptors (Lipinski definition) is 6. The van der Waals surface area contributed by atoms with Gasteiger partial charge in [0.15, 0.2) is 0 Å². The Morgan fingerprint density at radius 1 is 1.22 bits per heavy atom. The van der Waals surface area contributed by atoms with Crippen LogP contribution >= 0.6 is 0 Å². The summed E-state index contributed by atoms with van der Waals surface area (Å²) in [5, 5.41) is 15.5. The Morgan fingerprint density at radius 2 is 1.92 bits per heavy atom. The minimum Gasteiger partial charge on any atom is -0.492 e. The maximum Gasteiger partial charge on any atom is 0.266 e. The Hall–Kier alpha value is -3.40. The fourth-order valence-corrected chi connectivity index (χ4v) is 5.35. The maximum absolute atomic E-state index is 14.9. The number of nitrogens with zero attached hydrogens (tertiary/aromatic N) is 3. The van der Waals surface area contributed by atoms with E-state index in [0.29, 0.717) is 72.8 Å². The molecule has 1 fully saturated rings. The van der Waals surface area contributed by atoms with Gasteiger partial charge >= 0.3 is 0 Å². The average molecular weight is 515 g/mol. The Labute approximate surface area is 212 Å². The van der Waals surface area contributed by atoms with E-state index in [1.54, 1.807) is 18.7 Å². The monoisotopic (exact) mass is 514 g/mol. The number of hydrogen-bond donors (Lipinski definition) is 2. The van der Waals surface area contributed by atoms with Crippen LogP contribution in [0.5, 0.6) is 5.75 Å². The predicted molar refractivity (Wildman–Crippen MR) is 132 cm³/mol.